The van der Waals surface area contributed by atoms with Crippen LogP contribution in [0.4, 0.5) is 11.5 Å². The van der Waals surface area contributed by atoms with Crippen LogP contribution in [0.1, 0.15) is 45.1 Å². The first-order valence-electron chi connectivity index (χ1n) is 17.4. The Bertz CT molecular complexity index is 2510. The minimum Gasteiger partial charge on any atom is -0.467 e. The number of aryl methyl sites for hydroxylation is 2. The topological polar surface area (TPSA) is 153 Å². The first-order chi connectivity index (χ1) is 25.8. The van der Waals surface area contributed by atoms with Gasteiger partial charge >= 0.3 is 6.01 Å². The number of amides is 1. The van der Waals surface area contributed by atoms with E-state index in [1.807, 2.05) is 90.4 Å². The molecule has 266 valence electrons. The highest BCUT2D eigenvalue weighted by Crippen LogP contribution is 2.31. The number of carbonyl (C=O) groups is 1. The number of hydrogen-bond acceptors (Lipinski definition) is 10. The molecule has 0 saturated heterocycles. The lowest BCUT2D eigenvalue weighted by molar-refractivity contribution is 0.0723. The van der Waals surface area contributed by atoms with Crippen LogP contribution in [0.5, 0.6) is 6.01 Å². The SMILES string of the molecule is COc1nccc(N(C)c2ccc(C)c(-c3cn(Cc4nn5c(c4C(=O)N(Cc4ccccc4)Cc4nc6ccccc6c(=O)[nH]4)CCC5)nn3)c2)n1. The maximum absolute atomic E-state index is 14.7. The summed E-state index contributed by atoms with van der Waals surface area (Å²) in [6.07, 6.45) is 5.17. The molecule has 8 rings (SSSR count). The number of nitrogens with zero attached hydrogens (tertiary/aromatic N) is 10. The summed E-state index contributed by atoms with van der Waals surface area (Å²) in [6, 6.07) is 25.2. The Balaban J connectivity index is 1.10. The number of H-pyrrole nitrogens is 1. The highest BCUT2D eigenvalue weighted by Gasteiger charge is 2.31. The number of methoxy groups -OCH3 is 1. The average molecular weight is 708 g/mol. The van der Waals surface area contributed by atoms with Crippen LogP contribution in [0.2, 0.25) is 0 Å². The quantitative estimate of drug-likeness (QED) is 0.192. The first kappa shape index (κ1) is 33.4. The normalized spacial score (nSPS) is 12.2. The average Bonchev–Trinajstić information content (AvgIpc) is 3.92. The smallest absolute Gasteiger partial charge is 0.318 e. The number of anilines is 2. The molecule has 0 bridgehead atoms. The summed E-state index contributed by atoms with van der Waals surface area (Å²) in [5.41, 5.74) is 6.89. The van der Waals surface area contributed by atoms with Crippen molar-refractivity contribution in [3.05, 3.63) is 136 Å². The molecule has 1 amide bonds. The van der Waals surface area contributed by atoms with Crippen molar-refractivity contribution in [2.45, 2.75) is 45.9 Å². The highest BCUT2D eigenvalue weighted by molar-refractivity contribution is 5.96. The molecule has 0 atom stereocenters. The Morgan fingerprint density at radius 3 is 2.68 bits per heavy atom. The number of rotatable bonds is 11. The van der Waals surface area contributed by atoms with Crippen LogP contribution in [0, 0.1) is 6.92 Å². The van der Waals surface area contributed by atoms with Crippen molar-refractivity contribution in [1.82, 2.24) is 49.6 Å². The minimum absolute atomic E-state index is 0.108. The van der Waals surface area contributed by atoms with Crippen LogP contribution in [0.15, 0.2) is 96.1 Å². The fraction of sp³-hybridized carbons (Fsp3) is 0.231. The Morgan fingerprint density at radius 2 is 1.83 bits per heavy atom. The Hall–Kier alpha value is -6.70. The first-order valence-corrected chi connectivity index (χ1v) is 17.4. The predicted octanol–water partition coefficient (Wildman–Crippen LogP) is 5.09. The van der Waals surface area contributed by atoms with Crippen LogP contribution < -0.4 is 15.2 Å². The molecule has 1 aliphatic rings. The monoisotopic (exact) mass is 707 g/mol. The van der Waals surface area contributed by atoms with Gasteiger partial charge < -0.3 is 19.5 Å². The van der Waals surface area contributed by atoms with Gasteiger partial charge in [0, 0.05) is 37.6 Å². The third kappa shape index (κ3) is 6.73. The highest BCUT2D eigenvalue weighted by atomic mass is 16.5. The van der Waals surface area contributed by atoms with Crippen molar-refractivity contribution >= 4 is 28.3 Å². The van der Waals surface area contributed by atoms with Gasteiger partial charge in [0.15, 0.2) is 0 Å². The number of carbonyl (C=O) groups excluding carboxylic acids is 1. The standard InChI is InChI=1S/C39H37N11O3/c1-25-15-16-27(47(2)35-17-18-40-39(43-35)53-3)20-29(25)31-22-49(46-44-31)23-32-36(33-14-9-19-50(33)45-32)38(52)48(21-26-10-5-4-6-11-26)24-34-41-30-13-8-7-12-28(30)37(51)42-34/h4-8,10-13,15-18,20,22H,9,14,19,21,23-24H2,1-3H3,(H,41,42,51). The molecule has 0 spiro atoms. The molecule has 0 fully saturated rings. The number of nitrogens with one attached hydrogen (secondary N) is 1. The summed E-state index contributed by atoms with van der Waals surface area (Å²) in [5, 5.41) is 14.4. The number of fused-ring (bicyclic) bond motifs is 2. The number of para-hydroxylation sites is 1. The third-order valence-corrected chi connectivity index (χ3v) is 9.51. The summed E-state index contributed by atoms with van der Waals surface area (Å²) in [5.74, 6) is 0.909. The fourth-order valence-electron chi connectivity index (χ4n) is 6.79. The predicted molar refractivity (Wildman–Crippen MR) is 199 cm³/mol. The van der Waals surface area contributed by atoms with Crippen molar-refractivity contribution in [3.63, 3.8) is 0 Å². The van der Waals surface area contributed by atoms with E-state index in [2.05, 4.69) is 25.3 Å². The van der Waals surface area contributed by atoms with Crippen LogP contribution >= 0.6 is 0 Å². The van der Waals surface area contributed by atoms with Gasteiger partial charge in [0.25, 0.3) is 11.5 Å². The molecular formula is C39H37N11O3. The molecule has 1 aliphatic heterocycles. The van der Waals surface area contributed by atoms with Crippen molar-refractivity contribution in [1.29, 1.82) is 0 Å². The molecule has 53 heavy (non-hydrogen) atoms. The molecule has 7 aromatic rings. The van der Waals surface area contributed by atoms with Gasteiger partial charge in [-0.2, -0.15) is 10.1 Å². The van der Waals surface area contributed by atoms with E-state index in [-0.39, 0.29) is 30.6 Å². The number of aromatic amines is 1. The lowest BCUT2D eigenvalue weighted by atomic mass is 10.0. The molecule has 5 heterocycles. The second kappa shape index (κ2) is 14.1. The van der Waals surface area contributed by atoms with Gasteiger partial charge in [-0.25, -0.2) is 14.6 Å². The fourth-order valence-corrected chi connectivity index (χ4v) is 6.79. The molecule has 0 aliphatic carbocycles. The molecule has 4 aromatic heterocycles. The zero-order chi connectivity index (χ0) is 36.5. The molecule has 1 N–H and O–H groups in total. The van der Waals surface area contributed by atoms with E-state index in [0.29, 0.717) is 46.0 Å². The number of aromatic nitrogens is 9. The number of hydrogen-bond donors (Lipinski definition) is 1. The minimum atomic E-state index is -0.242. The van der Waals surface area contributed by atoms with Gasteiger partial charge in [0.2, 0.25) is 0 Å². The van der Waals surface area contributed by atoms with Gasteiger partial charge in [-0.3, -0.25) is 14.3 Å². The van der Waals surface area contributed by atoms with Crippen molar-refractivity contribution in [2.75, 3.05) is 19.1 Å². The molecule has 0 saturated carbocycles. The maximum atomic E-state index is 14.7. The summed E-state index contributed by atoms with van der Waals surface area (Å²) >= 11 is 0. The van der Waals surface area contributed by atoms with Crippen molar-refractivity contribution in [2.24, 2.45) is 0 Å². The molecule has 0 radical (unpaired) electrons. The molecular weight excluding hydrogens is 671 g/mol. The van der Waals surface area contributed by atoms with E-state index in [1.54, 1.807) is 34.0 Å². The van der Waals surface area contributed by atoms with Crippen molar-refractivity contribution in [3.8, 4) is 17.3 Å². The van der Waals surface area contributed by atoms with E-state index >= 15 is 0 Å². The maximum Gasteiger partial charge on any atom is 0.318 e. The van der Waals surface area contributed by atoms with Crippen LogP contribution in [0.3, 0.4) is 0 Å². The molecule has 0 unspecified atom stereocenters. The van der Waals surface area contributed by atoms with E-state index < -0.39 is 0 Å². The van der Waals surface area contributed by atoms with Gasteiger partial charge in [0.1, 0.15) is 17.3 Å². The van der Waals surface area contributed by atoms with Gasteiger partial charge in [-0.15, -0.1) is 5.10 Å². The third-order valence-electron chi connectivity index (χ3n) is 9.51. The van der Waals surface area contributed by atoms with Crippen LogP contribution in [-0.2, 0) is 32.6 Å². The van der Waals surface area contributed by atoms with Gasteiger partial charge in [-0.1, -0.05) is 53.7 Å². The van der Waals surface area contributed by atoms with Gasteiger partial charge in [0.05, 0.1) is 54.3 Å². The van der Waals surface area contributed by atoms with E-state index in [1.165, 1.54) is 7.11 Å². The largest absolute Gasteiger partial charge is 0.467 e. The lowest BCUT2D eigenvalue weighted by Crippen LogP contribution is -2.33. The Morgan fingerprint density at radius 1 is 1.00 bits per heavy atom. The summed E-state index contributed by atoms with van der Waals surface area (Å²) in [4.78, 5) is 47.6. The molecule has 14 heteroatoms. The zero-order valence-corrected chi connectivity index (χ0v) is 29.6. The second-order valence-corrected chi connectivity index (χ2v) is 13.0. The Kier molecular flexibility index (Phi) is 8.92. The zero-order valence-electron chi connectivity index (χ0n) is 29.6. The number of benzene rings is 3. The van der Waals surface area contributed by atoms with E-state index in [4.69, 9.17) is 14.8 Å². The van der Waals surface area contributed by atoms with Crippen LogP contribution in [-0.4, -0.2) is 69.7 Å². The molecule has 14 nitrogen and oxygen atoms in total. The Labute approximate surface area is 304 Å². The molecule has 3 aromatic carbocycles. The van der Waals surface area contributed by atoms with Crippen molar-refractivity contribution < 1.29 is 9.53 Å². The van der Waals surface area contributed by atoms with E-state index in [9.17, 15) is 9.59 Å². The second-order valence-electron chi connectivity index (χ2n) is 13.0. The summed E-state index contributed by atoms with van der Waals surface area (Å²) < 4.78 is 8.87. The lowest BCUT2D eigenvalue weighted by Gasteiger charge is -2.23. The van der Waals surface area contributed by atoms with E-state index in [0.717, 1.165) is 47.5 Å². The number of ether oxygens (including phenoxy) is 1. The van der Waals surface area contributed by atoms with Gasteiger partial charge in [-0.05, 0) is 61.2 Å². The van der Waals surface area contributed by atoms with Crippen LogP contribution in [0.25, 0.3) is 22.2 Å². The summed E-state index contributed by atoms with van der Waals surface area (Å²) in [7, 11) is 3.47. The summed E-state index contributed by atoms with van der Waals surface area (Å²) in [6.45, 7) is 3.43.